The van der Waals surface area contributed by atoms with Crippen LogP contribution >= 0.6 is 54.8 Å². The van der Waals surface area contributed by atoms with Crippen LogP contribution in [0.5, 0.6) is 0 Å². The molecule has 1 nitrogen and oxygen atoms in total. The molecule has 0 spiro atoms. The highest BCUT2D eigenvalue weighted by Crippen LogP contribution is 2.39. The van der Waals surface area contributed by atoms with Gasteiger partial charge in [-0.2, -0.15) is 0 Å². The Kier molecular flexibility index (Phi) is 3.60. The standard InChI is InChI=1S/C10H7Br2ClOS/c1-5-2-7(15-10(5)13)9(12)6-3-8(11)14-4-6/h2-4,9H,1H3. The van der Waals surface area contributed by atoms with Gasteiger partial charge in [-0.15, -0.1) is 11.3 Å². The highest BCUT2D eigenvalue weighted by molar-refractivity contribution is 9.10. The Morgan fingerprint density at radius 3 is 2.67 bits per heavy atom. The van der Waals surface area contributed by atoms with Gasteiger partial charge in [0.05, 0.1) is 15.4 Å². The van der Waals surface area contributed by atoms with E-state index in [1.807, 2.05) is 13.0 Å². The molecule has 2 heterocycles. The molecule has 5 heteroatoms. The molecule has 2 aromatic heterocycles. The number of hydrogen-bond acceptors (Lipinski definition) is 2. The van der Waals surface area contributed by atoms with E-state index in [4.69, 9.17) is 16.0 Å². The van der Waals surface area contributed by atoms with Gasteiger partial charge in [0.25, 0.3) is 0 Å². The van der Waals surface area contributed by atoms with Crippen LogP contribution in [-0.2, 0) is 0 Å². The van der Waals surface area contributed by atoms with Crippen LogP contribution in [0.25, 0.3) is 0 Å². The van der Waals surface area contributed by atoms with E-state index in [2.05, 4.69) is 37.9 Å². The normalized spacial score (nSPS) is 13.1. The summed E-state index contributed by atoms with van der Waals surface area (Å²) in [6.07, 6.45) is 1.73. The van der Waals surface area contributed by atoms with Gasteiger partial charge < -0.3 is 4.42 Å². The molecule has 0 saturated carbocycles. The molecule has 0 aromatic carbocycles. The van der Waals surface area contributed by atoms with Crippen molar-refractivity contribution in [2.45, 2.75) is 11.8 Å². The minimum absolute atomic E-state index is 0.142. The highest BCUT2D eigenvalue weighted by atomic mass is 79.9. The highest BCUT2D eigenvalue weighted by Gasteiger charge is 2.16. The molecule has 0 amide bonds. The average Bonchev–Trinajstić information content (AvgIpc) is 2.74. The molecule has 0 radical (unpaired) electrons. The van der Waals surface area contributed by atoms with E-state index in [1.54, 1.807) is 17.6 Å². The van der Waals surface area contributed by atoms with Crippen molar-refractivity contribution >= 4 is 54.8 Å². The first kappa shape index (κ1) is 11.7. The number of thiophene rings is 1. The number of furan rings is 1. The van der Waals surface area contributed by atoms with Gasteiger partial charge in [-0.3, -0.25) is 0 Å². The van der Waals surface area contributed by atoms with Crippen LogP contribution < -0.4 is 0 Å². The first-order chi connectivity index (χ1) is 7.08. The lowest BCUT2D eigenvalue weighted by molar-refractivity contribution is 0.539. The van der Waals surface area contributed by atoms with Crippen LogP contribution in [0.3, 0.4) is 0 Å². The maximum Gasteiger partial charge on any atom is 0.169 e. The molecule has 2 aromatic rings. The van der Waals surface area contributed by atoms with Crippen molar-refractivity contribution in [3.05, 3.63) is 43.4 Å². The Bertz CT molecular complexity index is 458. The van der Waals surface area contributed by atoms with E-state index < -0.39 is 0 Å². The molecule has 1 atom stereocenters. The SMILES string of the molecule is Cc1cc(C(Br)c2coc(Br)c2)sc1Cl. The molecular weight excluding hydrogens is 363 g/mol. The molecule has 0 N–H and O–H groups in total. The maximum absolute atomic E-state index is 6.03. The van der Waals surface area contributed by atoms with Gasteiger partial charge in [0.2, 0.25) is 0 Å². The summed E-state index contributed by atoms with van der Waals surface area (Å²) in [6.45, 7) is 2.01. The molecule has 0 fully saturated rings. The van der Waals surface area contributed by atoms with Crippen molar-refractivity contribution in [1.82, 2.24) is 0 Å². The van der Waals surface area contributed by atoms with Gasteiger partial charge in [0.15, 0.2) is 4.67 Å². The lowest BCUT2D eigenvalue weighted by Crippen LogP contribution is -1.85. The molecule has 0 bridgehead atoms. The summed E-state index contributed by atoms with van der Waals surface area (Å²) in [7, 11) is 0. The monoisotopic (exact) mass is 368 g/mol. The molecule has 0 saturated heterocycles. The van der Waals surface area contributed by atoms with Crippen molar-refractivity contribution in [2.24, 2.45) is 0 Å². The molecule has 2 rings (SSSR count). The van der Waals surface area contributed by atoms with Crippen LogP contribution in [0.4, 0.5) is 0 Å². The Hall–Kier alpha value is 0.230. The second kappa shape index (κ2) is 4.62. The first-order valence-electron chi connectivity index (χ1n) is 4.21. The van der Waals surface area contributed by atoms with Crippen LogP contribution in [0, 0.1) is 6.92 Å². The third-order valence-corrected chi connectivity index (χ3v) is 5.37. The number of rotatable bonds is 2. The van der Waals surface area contributed by atoms with Crippen LogP contribution in [0.2, 0.25) is 4.34 Å². The number of hydrogen-bond donors (Lipinski definition) is 0. The van der Waals surface area contributed by atoms with Gasteiger partial charge in [0.1, 0.15) is 0 Å². The first-order valence-corrected chi connectivity index (χ1v) is 7.12. The minimum Gasteiger partial charge on any atom is -0.457 e. The number of halogens is 3. The minimum atomic E-state index is 0.142. The third-order valence-electron chi connectivity index (χ3n) is 2.01. The summed E-state index contributed by atoms with van der Waals surface area (Å²) in [5, 5.41) is 0. The van der Waals surface area contributed by atoms with Gasteiger partial charge in [-0.05, 0) is 40.5 Å². The fourth-order valence-electron chi connectivity index (χ4n) is 1.23. The van der Waals surface area contributed by atoms with Crippen LogP contribution in [-0.4, -0.2) is 0 Å². The van der Waals surface area contributed by atoms with Gasteiger partial charge >= 0.3 is 0 Å². The topological polar surface area (TPSA) is 13.1 Å². The van der Waals surface area contributed by atoms with E-state index in [1.165, 1.54) is 4.88 Å². The quantitative estimate of drug-likeness (QED) is 0.632. The van der Waals surface area contributed by atoms with E-state index in [9.17, 15) is 0 Å². The third kappa shape index (κ3) is 2.49. The van der Waals surface area contributed by atoms with Crippen molar-refractivity contribution in [2.75, 3.05) is 0 Å². The van der Waals surface area contributed by atoms with Crippen molar-refractivity contribution in [3.63, 3.8) is 0 Å². The fraction of sp³-hybridized carbons (Fsp3) is 0.200. The largest absolute Gasteiger partial charge is 0.457 e. The Morgan fingerprint density at radius 1 is 1.47 bits per heavy atom. The molecular formula is C10H7Br2ClOS. The number of aryl methyl sites for hydroxylation is 1. The Balaban J connectivity index is 2.31. The summed E-state index contributed by atoms with van der Waals surface area (Å²) >= 11 is 14.5. The second-order valence-corrected chi connectivity index (χ2v) is 6.54. The zero-order valence-electron chi connectivity index (χ0n) is 7.76. The lowest BCUT2D eigenvalue weighted by Gasteiger charge is -2.02. The Labute approximate surface area is 114 Å². The number of alkyl halides is 1. The van der Waals surface area contributed by atoms with E-state index in [0.717, 1.165) is 20.1 Å². The maximum atomic E-state index is 6.03. The molecule has 1 unspecified atom stereocenters. The van der Waals surface area contributed by atoms with Gasteiger partial charge in [0, 0.05) is 10.4 Å². The molecule has 0 aliphatic heterocycles. The molecule has 0 aliphatic rings. The van der Waals surface area contributed by atoms with E-state index in [0.29, 0.717) is 0 Å². The van der Waals surface area contributed by atoms with Crippen molar-refractivity contribution < 1.29 is 4.42 Å². The predicted molar refractivity (Wildman–Crippen MR) is 71.2 cm³/mol. The van der Waals surface area contributed by atoms with Crippen LogP contribution in [0.1, 0.15) is 20.8 Å². The summed E-state index contributed by atoms with van der Waals surface area (Å²) in [5.41, 5.74) is 2.20. The Morgan fingerprint density at radius 2 is 2.20 bits per heavy atom. The van der Waals surface area contributed by atoms with Crippen LogP contribution in [0.15, 0.2) is 27.5 Å². The molecule has 15 heavy (non-hydrogen) atoms. The van der Waals surface area contributed by atoms with Crippen molar-refractivity contribution in [1.29, 1.82) is 0 Å². The lowest BCUT2D eigenvalue weighted by atomic mass is 10.2. The van der Waals surface area contributed by atoms with Gasteiger partial charge in [-0.1, -0.05) is 27.5 Å². The van der Waals surface area contributed by atoms with E-state index in [-0.39, 0.29) is 4.83 Å². The zero-order valence-corrected chi connectivity index (χ0v) is 12.5. The summed E-state index contributed by atoms with van der Waals surface area (Å²) in [6, 6.07) is 4.04. The average molecular weight is 370 g/mol. The summed E-state index contributed by atoms with van der Waals surface area (Å²) in [4.78, 5) is 1.33. The predicted octanol–water partition coefficient (Wildman–Crippen LogP) is 5.55. The summed E-state index contributed by atoms with van der Waals surface area (Å²) in [5.74, 6) is 0. The molecule has 0 aliphatic carbocycles. The van der Waals surface area contributed by atoms with Crippen molar-refractivity contribution in [3.8, 4) is 0 Å². The van der Waals surface area contributed by atoms with Gasteiger partial charge in [-0.25, -0.2) is 0 Å². The fourth-order valence-corrected chi connectivity index (χ4v) is 3.46. The molecule has 80 valence electrons. The summed E-state index contributed by atoms with van der Waals surface area (Å²) < 4.78 is 6.78. The smallest absolute Gasteiger partial charge is 0.169 e. The zero-order chi connectivity index (χ0) is 11.0. The second-order valence-electron chi connectivity index (χ2n) is 3.15. The van der Waals surface area contributed by atoms with E-state index >= 15 is 0 Å².